The van der Waals surface area contributed by atoms with Crippen molar-refractivity contribution in [3.8, 4) is 0 Å². The molecule has 1 N–H and O–H groups in total. The number of rotatable bonds is 4. The van der Waals surface area contributed by atoms with Crippen LogP contribution < -0.4 is 5.32 Å². The normalized spacial score (nSPS) is 22.1. The molecule has 0 aliphatic carbocycles. The molecule has 100 valence electrons. The first-order valence-electron chi connectivity index (χ1n) is 6.75. The maximum absolute atomic E-state index is 4.44. The zero-order chi connectivity index (χ0) is 12.8. The van der Waals surface area contributed by atoms with Gasteiger partial charge in [0.05, 0.1) is 5.69 Å². The summed E-state index contributed by atoms with van der Waals surface area (Å²) in [6, 6.07) is 6.74. The van der Waals surface area contributed by atoms with E-state index >= 15 is 0 Å². The highest BCUT2D eigenvalue weighted by Crippen LogP contribution is 2.10. The van der Waals surface area contributed by atoms with Crippen LogP contribution >= 0.6 is 0 Å². The molecule has 4 heteroatoms. The molecule has 18 heavy (non-hydrogen) atoms. The maximum atomic E-state index is 4.44. The Bertz CT molecular complexity index is 339. The summed E-state index contributed by atoms with van der Waals surface area (Å²) in [6.45, 7) is 5.41. The van der Waals surface area contributed by atoms with Crippen molar-refractivity contribution in [3.05, 3.63) is 30.1 Å². The summed E-state index contributed by atoms with van der Waals surface area (Å²) < 4.78 is 0. The molecule has 0 aromatic carbocycles. The zero-order valence-corrected chi connectivity index (χ0v) is 11.5. The molecule has 1 unspecified atom stereocenters. The number of nitrogens with one attached hydrogen (secondary N) is 1. The highest BCUT2D eigenvalue weighted by atomic mass is 15.2. The van der Waals surface area contributed by atoms with E-state index in [2.05, 4.69) is 46.3 Å². The molecule has 0 bridgehead atoms. The first-order chi connectivity index (χ1) is 8.75. The molecule has 2 rings (SSSR count). The minimum absolute atomic E-state index is 0.574. The third kappa shape index (κ3) is 4.05. The third-order valence-electron chi connectivity index (χ3n) is 3.36. The van der Waals surface area contributed by atoms with E-state index in [1.807, 2.05) is 12.3 Å². The highest BCUT2D eigenvalue weighted by Gasteiger charge is 2.21. The Labute approximate surface area is 110 Å². The van der Waals surface area contributed by atoms with E-state index in [1.54, 1.807) is 0 Å². The van der Waals surface area contributed by atoms with Gasteiger partial charge in [0.25, 0.3) is 0 Å². The number of pyridine rings is 1. The Balaban J connectivity index is 2.01. The van der Waals surface area contributed by atoms with Gasteiger partial charge in [-0.25, -0.2) is 0 Å². The first-order valence-corrected chi connectivity index (χ1v) is 6.75. The van der Waals surface area contributed by atoms with Crippen LogP contribution in [0, 0.1) is 0 Å². The number of hydrogen-bond donors (Lipinski definition) is 1. The van der Waals surface area contributed by atoms with Gasteiger partial charge in [-0.3, -0.25) is 9.88 Å². The number of likely N-dealkylation sites (N-methyl/N-ethyl adjacent to an activating group) is 1. The standard InChI is InChI=1S/C14H24N4/c1-17(2)12-14-10-15-7-5-9-18(14)11-13-6-3-4-8-16-13/h3-4,6,8,14-15H,5,7,9-12H2,1-2H3. The van der Waals surface area contributed by atoms with E-state index in [0.29, 0.717) is 6.04 Å². The second-order valence-electron chi connectivity index (χ2n) is 5.27. The number of hydrogen-bond acceptors (Lipinski definition) is 4. The molecule has 0 amide bonds. The van der Waals surface area contributed by atoms with Gasteiger partial charge >= 0.3 is 0 Å². The average Bonchev–Trinajstić information content (AvgIpc) is 2.56. The Morgan fingerprint density at radius 3 is 3.06 bits per heavy atom. The van der Waals surface area contributed by atoms with Crippen molar-refractivity contribution >= 4 is 0 Å². The van der Waals surface area contributed by atoms with Crippen LogP contribution in [0.25, 0.3) is 0 Å². The molecule has 4 nitrogen and oxygen atoms in total. The van der Waals surface area contributed by atoms with Crippen LogP contribution in [0.15, 0.2) is 24.4 Å². The number of aromatic nitrogens is 1. The smallest absolute Gasteiger partial charge is 0.0544 e. The molecule has 1 aromatic heterocycles. The van der Waals surface area contributed by atoms with Crippen molar-refractivity contribution in [1.29, 1.82) is 0 Å². The largest absolute Gasteiger partial charge is 0.315 e. The third-order valence-corrected chi connectivity index (χ3v) is 3.36. The lowest BCUT2D eigenvalue weighted by Gasteiger charge is -2.31. The summed E-state index contributed by atoms with van der Waals surface area (Å²) in [7, 11) is 4.29. The van der Waals surface area contributed by atoms with E-state index in [1.165, 1.54) is 12.1 Å². The van der Waals surface area contributed by atoms with Gasteiger partial charge in [-0.05, 0) is 39.2 Å². The summed E-state index contributed by atoms with van der Waals surface area (Å²) in [5.41, 5.74) is 1.17. The quantitative estimate of drug-likeness (QED) is 0.854. The summed E-state index contributed by atoms with van der Waals surface area (Å²) >= 11 is 0. The minimum Gasteiger partial charge on any atom is -0.315 e. The summed E-state index contributed by atoms with van der Waals surface area (Å²) in [4.78, 5) is 9.27. The lowest BCUT2D eigenvalue weighted by molar-refractivity contribution is 0.163. The Morgan fingerprint density at radius 1 is 1.44 bits per heavy atom. The van der Waals surface area contributed by atoms with Crippen LogP contribution in [0.1, 0.15) is 12.1 Å². The minimum atomic E-state index is 0.574. The molecule has 1 aliphatic rings. The van der Waals surface area contributed by atoms with Gasteiger partial charge in [0.15, 0.2) is 0 Å². The van der Waals surface area contributed by atoms with Gasteiger partial charge in [0, 0.05) is 38.4 Å². The lowest BCUT2D eigenvalue weighted by Crippen LogP contribution is -2.45. The fraction of sp³-hybridized carbons (Fsp3) is 0.643. The van der Waals surface area contributed by atoms with E-state index in [-0.39, 0.29) is 0 Å². The molecule has 0 radical (unpaired) electrons. The van der Waals surface area contributed by atoms with E-state index < -0.39 is 0 Å². The summed E-state index contributed by atoms with van der Waals surface area (Å²) in [5.74, 6) is 0. The topological polar surface area (TPSA) is 31.4 Å². The molecular weight excluding hydrogens is 224 g/mol. The molecule has 1 saturated heterocycles. The van der Waals surface area contributed by atoms with Crippen molar-refractivity contribution in [1.82, 2.24) is 20.1 Å². The fourth-order valence-corrected chi connectivity index (χ4v) is 2.50. The molecule has 1 atom stereocenters. The van der Waals surface area contributed by atoms with Gasteiger partial charge in [0.1, 0.15) is 0 Å². The molecule has 1 aliphatic heterocycles. The van der Waals surface area contributed by atoms with Gasteiger partial charge in [-0.1, -0.05) is 6.07 Å². The molecule has 1 aromatic rings. The summed E-state index contributed by atoms with van der Waals surface area (Å²) in [6.07, 6.45) is 3.10. The predicted octanol–water partition coefficient (Wildman–Crippen LogP) is 0.807. The molecule has 0 saturated carbocycles. The molecular formula is C14H24N4. The van der Waals surface area contributed by atoms with Gasteiger partial charge in [-0.15, -0.1) is 0 Å². The molecule has 2 heterocycles. The average molecular weight is 248 g/mol. The van der Waals surface area contributed by atoms with Crippen LogP contribution in [0.4, 0.5) is 0 Å². The van der Waals surface area contributed by atoms with Crippen molar-refractivity contribution < 1.29 is 0 Å². The first kappa shape index (κ1) is 13.5. The molecule has 0 spiro atoms. The van der Waals surface area contributed by atoms with E-state index in [4.69, 9.17) is 0 Å². The van der Waals surface area contributed by atoms with Crippen molar-refractivity contribution in [2.75, 3.05) is 40.3 Å². The summed E-state index contributed by atoms with van der Waals surface area (Å²) in [5, 5.41) is 3.53. The van der Waals surface area contributed by atoms with Crippen LogP contribution in [-0.2, 0) is 6.54 Å². The fourth-order valence-electron chi connectivity index (χ4n) is 2.50. The second kappa shape index (κ2) is 6.83. The lowest BCUT2D eigenvalue weighted by atomic mass is 10.2. The van der Waals surface area contributed by atoms with E-state index in [0.717, 1.165) is 32.7 Å². The van der Waals surface area contributed by atoms with Crippen molar-refractivity contribution in [3.63, 3.8) is 0 Å². The van der Waals surface area contributed by atoms with Crippen LogP contribution in [0.5, 0.6) is 0 Å². The van der Waals surface area contributed by atoms with Gasteiger partial charge in [0.2, 0.25) is 0 Å². The number of nitrogens with zero attached hydrogens (tertiary/aromatic N) is 3. The SMILES string of the molecule is CN(C)CC1CNCCCN1Cc1ccccn1. The Morgan fingerprint density at radius 2 is 2.33 bits per heavy atom. The van der Waals surface area contributed by atoms with Crippen molar-refractivity contribution in [2.24, 2.45) is 0 Å². The zero-order valence-electron chi connectivity index (χ0n) is 11.5. The highest BCUT2D eigenvalue weighted by molar-refractivity contribution is 5.03. The van der Waals surface area contributed by atoms with Gasteiger partial charge < -0.3 is 10.2 Å². The van der Waals surface area contributed by atoms with Gasteiger partial charge in [-0.2, -0.15) is 0 Å². The Kier molecular flexibility index (Phi) is 5.11. The predicted molar refractivity (Wildman–Crippen MR) is 74.5 cm³/mol. The van der Waals surface area contributed by atoms with Crippen LogP contribution in [0.2, 0.25) is 0 Å². The second-order valence-corrected chi connectivity index (χ2v) is 5.27. The van der Waals surface area contributed by atoms with Crippen molar-refractivity contribution in [2.45, 2.75) is 19.0 Å². The van der Waals surface area contributed by atoms with Crippen LogP contribution in [0.3, 0.4) is 0 Å². The van der Waals surface area contributed by atoms with Crippen LogP contribution in [-0.4, -0.2) is 61.1 Å². The maximum Gasteiger partial charge on any atom is 0.0544 e. The van der Waals surface area contributed by atoms with E-state index in [9.17, 15) is 0 Å². The Hall–Kier alpha value is -0.970. The monoisotopic (exact) mass is 248 g/mol. The molecule has 1 fully saturated rings.